The minimum absolute atomic E-state index is 0.0746. The first-order valence-corrected chi connectivity index (χ1v) is 6.78. The maximum Gasteiger partial charge on any atom is 0.340 e. The fourth-order valence-electron chi connectivity index (χ4n) is 2.00. The van der Waals surface area contributed by atoms with Crippen molar-refractivity contribution in [3.05, 3.63) is 51.6 Å². The van der Waals surface area contributed by atoms with Crippen molar-refractivity contribution in [3.63, 3.8) is 0 Å². The van der Waals surface area contributed by atoms with Gasteiger partial charge in [0.05, 0.1) is 35.0 Å². The summed E-state index contributed by atoms with van der Waals surface area (Å²) in [6.45, 7) is 1.87. The molecule has 2 rings (SSSR count). The highest BCUT2D eigenvalue weighted by molar-refractivity contribution is 5.96. The molecule has 1 aromatic carbocycles. The van der Waals surface area contributed by atoms with Gasteiger partial charge in [0.25, 0.3) is 5.69 Å². The molecule has 0 amide bonds. The Morgan fingerprint density at radius 2 is 2.26 bits per heavy atom. The van der Waals surface area contributed by atoms with Crippen molar-refractivity contribution < 1.29 is 18.8 Å². The van der Waals surface area contributed by atoms with Crippen LogP contribution in [0.5, 0.6) is 0 Å². The van der Waals surface area contributed by atoms with Crippen LogP contribution >= 0.6 is 0 Å². The molecule has 1 N–H and O–H groups in total. The minimum atomic E-state index is -0.897. The molecule has 8 nitrogen and oxygen atoms in total. The number of ether oxygens (including phenoxy) is 1. The van der Waals surface area contributed by atoms with Crippen molar-refractivity contribution in [2.45, 2.75) is 13.5 Å². The molecule has 0 saturated carbocycles. The zero-order valence-corrected chi connectivity index (χ0v) is 12.6. The number of anilines is 1. The number of aromatic nitrogens is 2. The van der Waals surface area contributed by atoms with Crippen molar-refractivity contribution in [2.24, 2.45) is 7.05 Å². The third-order valence-electron chi connectivity index (χ3n) is 3.01. The van der Waals surface area contributed by atoms with E-state index in [2.05, 4.69) is 10.4 Å². The number of halogens is 1. The van der Waals surface area contributed by atoms with Crippen molar-refractivity contribution in [1.29, 1.82) is 0 Å². The molecule has 2 aromatic rings. The first kappa shape index (κ1) is 16.4. The highest BCUT2D eigenvalue weighted by Crippen LogP contribution is 2.27. The van der Waals surface area contributed by atoms with E-state index in [1.54, 1.807) is 31.0 Å². The summed E-state index contributed by atoms with van der Waals surface area (Å²) in [4.78, 5) is 22.0. The molecule has 0 bridgehead atoms. The average molecular weight is 322 g/mol. The van der Waals surface area contributed by atoms with Gasteiger partial charge in [0.1, 0.15) is 0 Å². The van der Waals surface area contributed by atoms with Gasteiger partial charge < -0.3 is 10.1 Å². The molecular weight excluding hydrogens is 307 g/mol. The van der Waals surface area contributed by atoms with Crippen LogP contribution in [0, 0.1) is 15.9 Å². The molecule has 0 spiro atoms. The summed E-state index contributed by atoms with van der Waals surface area (Å²) in [5, 5.41) is 17.6. The van der Waals surface area contributed by atoms with Gasteiger partial charge in [0.2, 0.25) is 0 Å². The molecule has 122 valence electrons. The van der Waals surface area contributed by atoms with E-state index in [0.29, 0.717) is 0 Å². The molecule has 1 heterocycles. The number of non-ortho nitro benzene ring substituents is 1. The Balaban J connectivity index is 2.35. The number of benzene rings is 1. The van der Waals surface area contributed by atoms with Crippen LogP contribution in [-0.4, -0.2) is 27.3 Å². The lowest BCUT2D eigenvalue weighted by molar-refractivity contribution is -0.385. The average Bonchev–Trinajstić information content (AvgIpc) is 2.91. The van der Waals surface area contributed by atoms with Gasteiger partial charge in [-0.2, -0.15) is 5.10 Å². The maximum atomic E-state index is 14.2. The molecular formula is C14H15FN4O4. The lowest BCUT2D eigenvalue weighted by Crippen LogP contribution is -2.12. The molecule has 0 aliphatic heterocycles. The van der Waals surface area contributed by atoms with Crippen LogP contribution < -0.4 is 5.32 Å². The quantitative estimate of drug-likeness (QED) is 0.497. The van der Waals surface area contributed by atoms with Crippen LogP contribution in [0.2, 0.25) is 0 Å². The first-order valence-electron chi connectivity index (χ1n) is 6.78. The summed E-state index contributed by atoms with van der Waals surface area (Å²) in [5.41, 5.74) is -0.113. The predicted molar refractivity (Wildman–Crippen MR) is 79.5 cm³/mol. The molecule has 9 heteroatoms. The number of hydrogen-bond donors (Lipinski definition) is 1. The van der Waals surface area contributed by atoms with E-state index in [-0.39, 0.29) is 24.4 Å². The molecule has 0 saturated heterocycles. The van der Waals surface area contributed by atoms with Crippen molar-refractivity contribution >= 4 is 17.3 Å². The van der Waals surface area contributed by atoms with E-state index in [1.807, 2.05) is 0 Å². The van der Waals surface area contributed by atoms with E-state index in [4.69, 9.17) is 4.74 Å². The van der Waals surface area contributed by atoms with E-state index in [0.717, 1.165) is 17.7 Å². The Hall–Kier alpha value is -2.97. The van der Waals surface area contributed by atoms with Crippen LogP contribution in [-0.2, 0) is 18.3 Å². The van der Waals surface area contributed by atoms with Gasteiger partial charge in [-0.05, 0) is 6.92 Å². The Morgan fingerprint density at radius 3 is 2.83 bits per heavy atom. The number of nitrogens with zero attached hydrogens (tertiary/aromatic N) is 3. The number of rotatable bonds is 6. The summed E-state index contributed by atoms with van der Waals surface area (Å²) in [5.74, 6) is -1.73. The fraction of sp³-hybridized carbons (Fsp3) is 0.286. The molecule has 0 unspecified atom stereocenters. The normalized spacial score (nSPS) is 10.4. The summed E-state index contributed by atoms with van der Waals surface area (Å²) >= 11 is 0. The van der Waals surface area contributed by atoms with E-state index in [1.165, 1.54) is 0 Å². The van der Waals surface area contributed by atoms with Crippen molar-refractivity contribution in [1.82, 2.24) is 9.78 Å². The number of nitro benzene ring substituents is 1. The second-order valence-corrected chi connectivity index (χ2v) is 4.70. The second kappa shape index (κ2) is 6.86. The monoisotopic (exact) mass is 322 g/mol. The van der Waals surface area contributed by atoms with Crippen LogP contribution in [0.15, 0.2) is 24.5 Å². The van der Waals surface area contributed by atoms with Crippen LogP contribution in [0.25, 0.3) is 0 Å². The zero-order chi connectivity index (χ0) is 17.0. The van der Waals surface area contributed by atoms with Gasteiger partial charge in [0, 0.05) is 31.4 Å². The smallest absolute Gasteiger partial charge is 0.340 e. The number of nitrogens with one attached hydrogen (secondary N) is 1. The van der Waals surface area contributed by atoms with E-state index >= 15 is 0 Å². The molecule has 0 aliphatic carbocycles. The van der Waals surface area contributed by atoms with Crippen LogP contribution in [0.3, 0.4) is 0 Å². The number of aryl methyl sites for hydroxylation is 1. The molecule has 0 fully saturated rings. The van der Waals surface area contributed by atoms with E-state index in [9.17, 15) is 19.3 Å². The number of carbonyl (C=O) groups excluding carboxylic acids is 1. The fourth-order valence-corrected chi connectivity index (χ4v) is 2.00. The zero-order valence-electron chi connectivity index (χ0n) is 12.6. The van der Waals surface area contributed by atoms with Gasteiger partial charge in [-0.25, -0.2) is 9.18 Å². The Labute approximate surface area is 131 Å². The van der Waals surface area contributed by atoms with Gasteiger partial charge >= 0.3 is 5.97 Å². The van der Waals surface area contributed by atoms with E-state index < -0.39 is 22.4 Å². The Morgan fingerprint density at radius 1 is 1.52 bits per heavy atom. The topological polar surface area (TPSA) is 99.3 Å². The maximum absolute atomic E-state index is 14.2. The van der Waals surface area contributed by atoms with Gasteiger partial charge in [-0.3, -0.25) is 14.8 Å². The summed E-state index contributed by atoms with van der Waals surface area (Å²) < 4.78 is 20.6. The first-order chi connectivity index (χ1) is 10.9. The second-order valence-electron chi connectivity index (χ2n) is 4.70. The highest BCUT2D eigenvalue weighted by atomic mass is 19.1. The largest absolute Gasteiger partial charge is 0.462 e. The third-order valence-corrected chi connectivity index (χ3v) is 3.01. The van der Waals surface area contributed by atoms with Crippen molar-refractivity contribution in [3.8, 4) is 0 Å². The third kappa shape index (κ3) is 3.82. The minimum Gasteiger partial charge on any atom is -0.462 e. The Bertz CT molecular complexity index is 744. The van der Waals surface area contributed by atoms with Crippen LogP contribution in [0.4, 0.5) is 15.8 Å². The Kier molecular flexibility index (Phi) is 4.89. The predicted octanol–water partition coefficient (Wildman–Crippen LogP) is 2.26. The summed E-state index contributed by atoms with van der Waals surface area (Å²) in [7, 11) is 1.74. The van der Waals surface area contributed by atoms with Gasteiger partial charge in [0.15, 0.2) is 5.82 Å². The lowest BCUT2D eigenvalue weighted by Gasteiger charge is -2.12. The number of esters is 1. The standard InChI is InChI=1S/C14H15FN4O4/c1-3-23-14(20)11-4-10(19(21)22)5-12(15)13(11)16-6-9-7-17-18(2)8-9/h4-5,7-8,16H,3,6H2,1-2H3. The molecule has 0 radical (unpaired) electrons. The summed E-state index contributed by atoms with van der Waals surface area (Å²) in [6.07, 6.45) is 3.31. The molecule has 0 atom stereocenters. The number of hydrogen-bond acceptors (Lipinski definition) is 6. The lowest BCUT2D eigenvalue weighted by atomic mass is 10.1. The van der Waals surface area contributed by atoms with Crippen LogP contribution in [0.1, 0.15) is 22.8 Å². The number of carbonyl (C=O) groups is 1. The molecule has 1 aromatic heterocycles. The highest BCUT2D eigenvalue weighted by Gasteiger charge is 2.22. The van der Waals surface area contributed by atoms with Gasteiger partial charge in [-0.1, -0.05) is 0 Å². The SMILES string of the molecule is CCOC(=O)c1cc([N+](=O)[O-])cc(F)c1NCc1cnn(C)c1. The summed E-state index contributed by atoms with van der Waals surface area (Å²) in [6, 6.07) is 1.75. The molecule has 0 aliphatic rings. The number of nitro groups is 1. The molecule has 23 heavy (non-hydrogen) atoms. The van der Waals surface area contributed by atoms with Gasteiger partial charge in [-0.15, -0.1) is 0 Å². The van der Waals surface area contributed by atoms with Crippen molar-refractivity contribution in [2.75, 3.05) is 11.9 Å².